The Morgan fingerprint density at radius 2 is 1.25 bits per heavy atom. The van der Waals surface area contributed by atoms with E-state index in [-0.39, 0.29) is 27.8 Å². The second kappa shape index (κ2) is 14.8. The Bertz CT molecular complexity index is 2820. The molecule has 12 heteroatoms. The number of hydrogen-bond donors (Lipinski definition) is 1. The van der Waals surface area contributed by atoms with Gasteiger partial charge in [-0.25, -0.2) is 4.98 Å². The topological polar surface area (TPSA) is 163 Å². The lowest BCUT2D eigenvalue weighted by Gasteiger charge is -2.18. The van der Waals surface area contributed by atoms with Crippen molar-refractivity contribution in [3.8, 4) is 29.1 Å². The van der Waals surface area contributed by atoms with Crippen molar-refractivity contribution in [1.29, 1.82) is 5.26 Å². The van der Waals surface area contributed by atoms with Gasteiger partial charge in [-0.1, -0.05) is 30.3 Å². The third-order valence-corrected chi connectivity index (χ3v) is 9.13. The highest BCUT2D eigenvalue weighted by molar-refractivity contribution is 6.11. The summed E-state index contributed by atoms with van der Waals surface area (Å²) >= 11 is 0. The first kappa shape index (κ1) is 34.6. The zero-order valence-corrected chi connectivity index (χ0v) is 29.1. The average Bonchev–Trinajstić information content (AvgIpc) is 3.24. The summed E-state index contributed by atoms with van der Waals surface area (Å²) in [5.41, 5.74) is 2.63. The number of benzene rings is 4. The summed E-state index contributed by atoms with van der Waals surface area (Å²) in [5, 5.41) is 10.1. The first-order valence-electron chi connectivity index (χ1n) is 17.4. The van der Waals surface area contributed by atoms with E-state index in [0.29, 0.717) is 100 Å². The highest BCUT2D eigenvalue weighted by Gasteiger charge is 2.21. The number of nitrogens with one attached hydrogen (secondary N) is 1. The Morgan fingerprint density at radius 1 is 0.673 bits per heavy atom. The Kier molecular flexibility index (Phi) is 9.33. The first-order valence-corrected chi connectivity index (χ1v) is 17.4. The number of hydrogen-bond acceptors (Lipinski definition) is 10. The number of nitriles is 1. The molecule has 2 aliphatic heterocycles. The van der Waals surface area contributed by atoms with E-state index in [0.717, 1.165) is 0 Å². The predicted octanol–water partition coefficient (Wildman–Crippen LogP) is 5.85. The van der Waals surface area contributed by atoms with Gasteiger partial charge in [0.05, 0.1) is 28.9 Å². The summed E-state index contributed by atoms with van der Waals surface area (Å²) in [6.07, 6.45) is 3.02. The van der Waals surface area contributed by atoms with E-state index in [1.165, 1.54) is 6.20 Å². The summed E-state index contributed by atoms with van der Waals surface area (Å²) in [7, 11) is 0. The molecule has 9 rings (SSSR count). The van der Waals surface area contributed by atoms with Gasteiger partial charge >= 0.3 is 0 Å². The summed E-state index contributed by atoms with van der Waals surface area (Å²) in [5.74, 6) is 1.46. The van der Waals surface area contributed by atoms with Crippen molar-refractivity contribution in [3.63, 3.8) is 0 Å². The van der Waals surface area contributed by atoms with E-state index < -0.39 is 5.78 Å². The van der Waals surface area contributed by atoms with Crippen LogP contribution in [0.25, 0.3) is 21.8 Å². The van der Waals surface area contributed by atoms with Gasteiger partial charge in [0.2, 0.25) is 10.9 Å². The molecule has 0 radical (unpaired) electrons. The van der Waals surface area contributed by atoms with Crippen LogP contribution >= 0.6 is 0 Å². The largest absolute Gasteiger partial charge is 0.486 e. The number of para-hydroxylation sites is 2. The van der Waals surface area contributed by atoms with Crippen molar-refractivity contribution >= 4 is 33.4 Å². The summed E-state index contributed by atoms with van der Waals surface area (Å²) in [6, 6.07) is 31.3. The van der Waals surface area contributed by atoms with Crippen LogP contribution in [0.3, 0.4) is 0 Å². The van der Waals surface area contributed by atoms with Crippen LogP contribution in [0, 0.1) is 11.3 Å². The molecule has 4 aromatic carbocycles. The quantitative estimate of drug-likeness (QED) is 0.206. The van der Waals surface area contributed by atoms with E-state index in [1.807, 2.05) is 28.8 Å². The highest BCUT2D eigenvalue weighted by Crippen LogP contribution is 2.32. The molecule has 0 amide bonds. The first-order chi connectivity index (χ1) is 26.9. The molecule has 0 atom stereocenters. The molecule has 0 fully saturated rings. The summed E-state index contributed by atoms with van der Waals surface area (Å²) in [4.78, 5) is 59.1. The van der Waals surface area contributed by atoms with Gasteiger partial charge in [-0.05, 0) is 72.8 Å². The number of H-pyrrole nitrogens is 1. The number of aromatic amines is 1. The molecule has 55 heavy (non-hydrogen) atoms. The molecule has 0 spiro atoms. The SMILES string of the molecule is N#Cc1cccc(Cn2cc(C(=O)c3ccc4c(c3)OCCO4)c(=O)c3ccccc32)n1.O=C(c1ccc2c(c1)OCCO2)c1c[nH]c2ccccc2c1=O. The van der Waals surface area contributed by atoms with Crippen LogP contribution in [0.4, 0.5) is 0 Å². The van der Waals surface area contributed by atoms with Crippen LogP contribution < -0.4 is 29.8 Å². The smallest absolute Gasteiger partial charge is 0.200 e. The van der Waals surface area contributed by atoms with Crippen molar-refractivity contribution in [3.05, 3.63) is 170 Å². The van der Waals surface area contributed by atoms with Crippen LogP contribution in [0.1, 0.15) is 43.2 Å². The van der Waals surface area contributed by atoms with Crippen molar-refractivity contribution in [2.24, 2.45) is 0 Å². The second-order valence-corrected chi connectivity index (χ2v) is 12.6. The minimum absolute atomic E-state index is 0.0526. The van der Waals surface area contributed by atoms with E-state index in [9.17, 15) is 19.2 Å². The highest BCUT2D eigenvalue weighted by atomic mass is 16.6. The number of ketones is 2. The molecule has 0 bridgehead atoms. The Morgan fingerprint density at radius 3 is 1.93 bits per heavy atom. The van der Waals surface area contributed by atoms with E-state index in [1.54, 1.807) is 91.1 Å². The van der Waals surface area contributed by atoms with Crippen molar-refractivity contribution in [2.45, 2.75) is 6.54 Å². The molecule has 0 saturated heterocycles. The Balaban J connectivity index is 0.000000164. The predicted molar refractivity (Wildman–Crippen MR) is 203 cm³/mol. The summed E-state index contributed by atoms with van der Waals surface area (Å²) < 4.78 is 23.8. The monoisotopic (exact) mass is 730 g/mol. The fourth-order valence-electron chi connectivity index (χ4n) is 6.46. The number of ether oxygens (including phenoxy) is 4. The standard InChI is InChI=1S/C25H17N3O4.C18H13NO4/c26-13-17-4-3-5-18(27-17)14-28-15-20(25(30)19-6-1-2-7-21(19)28)24(29)16-8-9-22-23(12-16)32-11-10-31-22;20-17(11-5-6-15-16(9-11)23-8-7-22-15)13-10-19-14-4-2-1-3-12(14)18(13)21/h1-9,12,15H,10-11,14H2;1-6,9-10H,7-8H2,(H,19,21). The zero-order valence-electron chi connectivity index (χ0n) is 29.1. The van der Waals surface area contributed by atoms with Crippen LogP contribution in [0.2, 0.25) is 0 Å². The minimum Gasteiger partial charge on any atom is -0.486 e. The lowest BCUT2D eigenvalue weighted by molar-refractivity contribution is 0.102. The molecule has 0 saturated carbocycles. The van der Waals surface area contributed by atoms with E-state index in [4.69, 9.17) is 24.2 Å². The molecular weight excluding hydrogens is 700 g/mol. The Hall–Kier alpha value is -7.52. The third-order valence-electron chi connectivity index (χ3n) is 9.13. The molecule has 3 aromatic heterocycles. The Labute approximate surface area is 312 Å². The lowest BCUT2D eigenvalue weighted by atomic mass is 10.0. The van der Waals surface area contributed by atoms with Crippen molar-refractivity contribution < 1.29 is 28.5 Å². The number of aromatic nitrogens is 3. The van der Waals surface area contributed by atoms with E-state index >= 15 is 0 Å². The maximum atomic E-state index is 13.3. The fourth-order valence-corrected chi connectivity index (χ4v) is 6.46. The van der Waals surface area contributed by atoms with Gasteiger partial charge in [0.1, 0.15) is 38.2 Å². The number of pyridine rings is 3. The molecule has 0 unspecified atom stereocenters. The minimum atomic E-state index is -0.398. The maximum Gasteiger partial charge on any atom is 0.200 e. The molecule has 12 nitrogen and oxygen atoms in total. The van der Waals surface area contributed by atoms with Gasteiger partial charge in [-0.15, -0.1) is 0 Å². The zero-order chi connectivity index (χ0) is 37.9. The number of carbonyl (C=O) groups is 2. The molecule has 1 N–H and O–H groups in total. The maximum absolute atomic E-state index is 13.3. The third kappa shape index (κ3) is 6.90. The normalized spacial score (nSPS) is 12.6. The van der Waals surface area contributed by atoms with Crippen LogP contribution in [-0.2, 0) is 6.54 Å². The molecule has 2 aliphatic rings. The molecular formula is C43H30N4O8. The van der Waals surface area contributed by atoms with Crippen molar-refractivity contribution in [1.82, 2.24) is 14.5 Å². The summed E-state index contributed by atoms with van der Waals surface area (Å²) in [6.45, 7) is 2.10. The number of fused-ring (bicyclic) bond motifs is 4. The van der Waals surface area contributed by atoms with Crippen molar-refractivity contribution in [2.75, 3.05) is 26.4 Å². The van der Waals surface area contributed by atoms with E-state index in [2.05, 4.69) is 9.97 Å². The number of nitrogens with zero attached hydrogens (tertiary/aromatic N) is 3. The van der Waals surface area contributed by atoms with Gasteiger partial charge in [0.15, 0.2) is 34.6 Å². The molecule has 5 heterocycles. The van der Waals surface area contributed by atoms with Gasteiger partial charge in [0.25, 0.3) is 0 Å². The van der Waals surface area contributed by atoms with Gasteiger partial charge in [0, 0.05) is 39.8 Å². The van der Waals surface area contributed by atoms with Gasteiger partial charge < -0.3 is 28.5 Å². The van der Waals surface area contributed by atoms with Gasteiger partial charge in [-0.3, -0.25) is 19.2 Å². The molecule has 0 aliphatic carbocycles. The van der Waals surface area contributed by atoms with Gasteiger partial charge in [-0.2, -0.15) is 5.26 Å². The molecule has 7 aromatic rings. The average molecular weight is 731 g/mol. The van der Waals surface area contributed by atoms with Crippen LogP contribution in [0.5, 0.6) is 23.0 Å². The fraction of sp³-hybridized carbons (Fsp3) is 0.116. The second-order valence-electron chi connectivity index (χ2n) is 12.6. The number of carbonyl (C=O) groups excluding carboxylic acids is 2. The number of rotatable bonds is 6. The van der Waals surface area contributed by atoms with Crippen LogP contribution in [-0.4, -0.2) is 52.5 Å². The molecule has 270 valence electrons. The van der Waals surface area contributed by atoms with Crippen LogP contribution in [0.15, 0.2) is 125 Å². The lowest BCUT2D eigenvalue weighted by Crippen LogP contribution is -2.21.